The van der Waals surface area contributed by atoms with Crippen molar-refractivity contribution in [2.45, 2.75) is 0 Å². The van der Waals surface area contributed by atoms with Crippen molar-refractivity contribution < 1.29 is 0 Å². The number of benzene rings is 7. The van der Waals surface area contributed by atoms with E-state index in [-0.39, 0.29) is 0 Å². The average Bonchev–Trinajstić information content (AvgIpc) is 3.07. The van der Waals surface area contributed by atoms with Gasteiger partial charge in [0.1, 0.15) is 0 Å². The minimum absolute atomic E-state index is 0.937. The highest BCUT2D eigenvalue weighted by atomic mass is 14.7. The highest BCUT2D eigenvalue weighted by Gasteiger charge is 2.15. The largest absolute Gasteiger partial charge is 0.254 e. The summed E-state index contributed by atoms with van der Waals surface area (Å²) in [6, 6.07) is 50.2. The van der Waals surface area contributed by atoms with Gasteiger partial charge in [-0.2, -0.15) is 0 Å². The molecule has 0 atom stereocenters. The van der Waals surface area contributed by atoms with Crippen molar-refractivity contribution in [3.63, 3.8) is 0 Å². The molecule has 2 nitrogen and oxygen atoms in total. The lowest BCUT2D eigenvalue weighted by Gasteiger charge is -2.15. The molecule has 0 bridgehead atoms. The molecule has 2 heteroatoms. The molecule has 0 N–H and O–H groups in total. The Labute approximate surface area is 242 Å². The van der Waals surface area contributed by atoms with Crippen LogP contribution in [0.25, 0.3) is 87.3 Å². The summed E-state index contributed by atoms with van der Waals surface area (Å²) >= 11 is 0. The Morgan fingerprint density at radius 2 is 0.976 bits per heavy atom. The molecule has 9 aromatic rings. The van der Waals surface area contributed by atoms with E-state index < -0.39 is 0 Å². The fourth-order valence-corrected chi connectivity index (χ4v) is 6.75. The van der Waals surface area contributed by atoms with Crippen LogP contribution in [0.5, 0.6) is 0 Å². The zero-order chi connectivity index (χ0) is 27.6. The summed E-state index contributed by atoms with van der Waals surface area (Å²) in [6.45, 7) is 0. The van der Waals surface area contributed by atoms with Gasteiger partial charge in [0.25, 0.3) is 0 Å². The lowest BCUT2D eigenvalue weighted by Crippen LogP contribution is -1.92. The summed E-state index contributed by atoms with van der Waals surface area (Å²) in [6.07, 6.45) is 1.85. The number of fused-ring (bicyclic) bond motifs is 10. The molecule has 42 heavy (non-hydrogen) atoms. The number of aromatic nitrogens is 2. The van der Waals surface area contributed by atoms with Gasteiger partial charge >= 0.3 is 0 Å². The first-order chi connectivity index (χ1) is 20.8. The first-order valence-electron chi connectivity index (χ1n) is 14.3. The SMILES string of the molecule is c1cc(-c2ccc3c4ccccc4c4ccccc4c3c2)cc(-c2c3ccccc3nc3c2ccc2cccnc23)c1. The van der Waals surface area contributed by atoms with Crippen LogP contribution in [0.1, 0.15) is 0 Å². The molecule has 7 aromatic carbocycles. The highest BCUT2D eigenvalue weighted by molar-refractivity contribution is 6.25. The standard InChI is InChI=1S/C40H24N2/c1-2-14-31-29(12-1)30-13-3-4-15-32(30)36-24-27(19-20-33(31)36)26-9-7-10-28(23-26)38-34-16-5-6-17-37(34)42-40-35(38)21-18-25-11-8-22-41-39(25)40/h1-24H. The normalized spacial score (nSPS) is 11.8. The first-order valence-corrected chi connectivity index (χ1v) is 14.3. The van der Waals surface area contributed by atoms with Gasteiger partial charge in [-0.1, -0.05) is 115 Å². The van der Waals surface area contributed by atoms with Crippen LogP contribution in [0.2, 0.25) is 0 Å². The van der Waals surface area contributed by atoms with Gasteiger partial charge in [0.2, 0.25) is 0 Å². The van der Waals surface area contributed by atoms with Crippen molar-refractivity contribution in [1.29, 1.82) is 0 Å². The van der Waals surface area contributed by atoms with E-state index in [0.29, 0.717) is 0 Å². The second-order valence-corrected chi connectivity index (χ2v) is 11.0. The van der Waals surface area contributed by atoms with E-state index in [4.69, 9.17) is 9.97 Å². The van der Waals surface area contributed by atoms with E-state index in [1.165, 1.54) is 54.6 Å². The summed E-state index contributed by atoms with van der Waals surface area (Å²) in [4.78, 5) is 9.83. The lowest BCUT2D eigenvalue weighted by molar-refractivity contribution is 1.40. The van der Waals surface area contributed by atoms with Gasteiger partial charge in [-0.3, -0.25) is 4.98 Å². The van der Waals surface area contributed by atoms with E-state index in [1.807, 2.05) is 12.3 Å². The summed E-state index contributed by atoms with van der Waals surface area (Å²) in [5, 5.41) is 11.1. The van der Waals surface area contributed by atoms with Crippen LogP contribution in [0, 0.1) is 0 Å². The third-order valence-corrected chi connectivity index (χ3v) is 8.65. The quantitative estimate of drug-likeness (QED) is 0.163. The third kappa shape index (κ3) is 3.39. The van der Waals surface area contributed by atoms with Crippen molar-refractivity contribution in [1.82, 2.24) is 9.97 Å². The zero-order valence-electron chi connectivity index (χ0n) is 22.8. The summed E-state index contributed by atoms with van der Waals surface area (Å²) in [7, 11) is 0. The van der Waals surface area contributed by atoms with Crippen LogP contribution >= 0.6 is 0 Å². The Bertz CT molecular complexity index is 2490. The molecule has 0 unspecified atom stereocenters. The smallest absolute Gasteiger partial charge is 0.0978 e. The Morgan fingerprint density at radius 1 is 0.357 bits per heavy atom. The number of para-hydroxylation sites is 1. The molecular formula is C40H24N2. The summed E-state index contributed by atoms with van der Waals surface area (Å²) < 4.78 is 0. The van der Waals surface area contributed by atoms with Crippen LogP contribution in [0.3, 0.4) is 0 Å². The predicted octanol–water partition coefficient (Wildman–Crippen LogP) is 10.7. The van der Waals surface area contributed by atoms with Crippen LogP contribution in [0.15, 0.2) is 146 Å². The molecule has 2 aromatic heterocycles. The fraction of sp³-hybridized carbons (Fsp3) is 0. The Balaban J connectivity index is 1.31. The number of rotatable bonds is 2. The Kier molecular flexibility index (Phi) is 4.93. The van der Waals surface area contributed by atoms with Crippen LogP contribution in [-0.4, -0.2) is 9.97 Å². The minimum atomic E-state index is 0.937. The molecule has 0 aliphatic carbocycles. The predicted molar refractivity (Wildman–Crippen MR) is 178 cm³/mol. The van der Waals surface area contributed by atoms with Crippen LogP contribution < -0.4 is 0 Å². The summed E-state index contributed by atoms with van der Waals surface area (Å²) in [5.74, 6) is 0. The average molecular weight is 533 g/mol. The monoisotopic (exact) mass is 532 g/mol. The van der Waals surface area contributed by atoms with Crippen molar-refractivity contribution in [2.24, 2.45) is 0 Å². The van der Waals surface area contributed by atoms with Crippen molar-refractivity contribution >= 4 is 65.0 Å². The second kappa shape index (κ2) is 8.95. The number of nitrogens with zero attached hydrogens (tertiary/aromatic N) is 2. The van der Waals surface area contributed by atoms with Gasteiger partial charge < -0.3 is 0 Å². The van der Waals surface area contributed by atoms with E-state index in [0.717, 1.165) is 32.7 Å². The van der Waals surface area contributed by atoms with Crippen molar-refractivity contribution in [2.75, 3.05) is 0 Å². The van der Waals surface area contributed by atoms with Crippen LogP contribution in [0.4, 0.5) is 0 Å². The maximum atomic E-state index is 5.10. The maximum absolute atomic E-state index is 5.10. The molecule has 0 fully saturated rings. The first kappa shape index (κ1) is 23.1. The molecule has 0 spiro atoms. The van der Waals surface area contributed by atoms with Gasteiger partial charge in [-0.05, 0) is 73.3 Å². The second-order valence-electron chi connectivity index (χ2n) is 11.0. The Morgan fingerprint density at radius 3 is 1.76 bits per heavy atom. The number of pyridine rings is 2. The molecule has 0 radical (unpaired) electrons. The molecular weight excluding hydrogens is 508 g/mol. The van der Waals surface area contributed by atoms with Gasteiger partial charge in [0.15, 0.2) is 0 Å². The van der Waals surface area contributed by atoms with E-state index in [9.17, 15) is 0 Å². The zero-order valence-corrected chi connectivity index (χ0v) is 22.8. The molecule has 0 amide bonds. The lowest BCUT2D eigenvalue weighted by atomic mass is 9.90. The fourth-order valence-electron chi connectivity index (χ4n) is 6.75. The van der Waals surface area contributed by atoms with Crippen molar-refractivity contribution in [3.05, 3.63) is 146 Å². The topological polar surface area (TPSA) is 25.8 Å². The highest BCUT2D eigenvalue weighted by Crippen LogP contribution is 2.40. The molecule has 9 rings (SSSR count). The molecule has 0 aliphatic rings. The Hall–Kier alpha value is -5.60. The third-order valence-electron chi connectivity index (χ3n) is 8.65. The maximum Gasteiger partial charge on any atom is 0.0978 e. The van der Waals surface area contributed by atoms with E-state index in [2.05, 4.69) is 133 Å². The molecule has 0 saturated carbocycles. The van der Waals surface area contributed by atoms with Crippen molar-refractivity contribution in [3.8, 4) is 22.3 Å². The minimum Gasteiger partial charge on any atom is -0.254 e. The van der Waals surface area contributed by atoms with Crippen LogP contribution in [-0.2, 0) is 0 Å². The molecule has 2 heterocycles. The van der Waals surface area contributed by atoms with Gasteiger partial charge in [0.05, 0.1) is 16.6 Å². The van der Waals surface area contributed by atoms with Gasteiger partial charge in [0, 0.05) is 27.9 Å². The number of hydrogen-bond donors (Lipinski definition) is 0. The van der Waals surface area contributed by atoms with Gasteiger partial charge in [-0.15, -0.1) is 0 Å². The molecule has 194 valence electrons. The van der Waals surface area contributed by atoms with E-state index in [1.54, 1.807) is 0 Å². The summed E-state index contributed by atoms with van der Waals surface area (Å²) in [5.41, 5.74) is 7.63. The molecule has 0 aliphatic heterocycles. The van der Waals surface area contributed by atoms with Gasteiger partial charge in [-0.25, -0.2) is 4.98 Å². The molecule has 0 saturated heterocycles. The number of hydrogen-bond acceptors (Lipinski definition) is 2. The van der Waals surface area contributed by atoms with E-state index >= 15 is 0 Å².